The molecule has 0 aliphatic rings. The standard InChI is InChI=1S/C9H18O2.C7H8N2O2S.C7H8O/c1-4-7-8(5-2)11-9(10)6-3;1-11-4-2-3-9-5(6(4)10)7(8)12;1-8-7-5-3-2-4-6-7/h8H,4-7H2,1-3H3;2-3,10H,1H3,(H2,8,12);2-6H,1H3. The molecule has 0 radical (unpaired) electrons. The van der Waals surface area contributed by atoms with E-state index in [0.717, 1.165) is 25.0 Å². The Hall–Kier alpha value is -2.87. The highest BCUT2D eigenvalue weighted by Crippen LogP contribution is 2.27. The molecule has 0 bridgehead atoms. The first-order chi connectivity index (χ1) is 14.8. The normalized spacial score (nSPS) is 10.4. The van der Waals surface area contributed by atoms with Gasteiger partial charge in [0, 0.05) is 18.7 Å². The van der Waals surface area contributed by atoms with Gasteiger partial charge in [0.15, 0.2) is 11.5 Å². The van der Waals surface area contributed by atoms with Crippen molar-refractivity contribution in [1.29, 1.82) is 0 Å². The van der Waals surface area contributed by atoms with Gasteiger partial charge in [0.1, 0.15) is 22.5 Å². The molecule has 1 aromatic heterocycles. The maximum Gasteiger partial charge on any atom is 0.305 e. The second kappa shape index (κ2) is 16.9. The Bertz CT molecular complexity index is 772. The van der Waals surface area contributed by atoms with Crippen molar-refractivity contribution in [2.75, 3.05) is 14.2 Å². The number of nitrogens with zero attached hydrogens (tertiary/aromatic N) is 1. The Balaban J connectivity index is 0.000000444. The monoisotopic (exact) mass is 450 g/mol. The molecular formula is C23H34N2O5S. The highest BCUT2D eigenvalue weighted by molar-refractivity contribution is 7.80. The number of pyridine rings is 1. The average Bonchev–Trinajstić information content (AvgIpc) is 2.80. The largest absolute Gasteiger partial charge is 0.503 e. The van der Waals surface area contributed by atoms with Gasteiger partial charge in [-0.05, 0) is 25.0 Å². The summed E-state index contributed by atoms with van der Waals surface area (Å²) in [5.74, 6) is 1.03. The third-order valence-electron chi connectivity index (χ3n) is 3.97. The van der Waals surface area contributed by atoms with Gasteiger partial charge in [-0.1, -0.05) is 57.6 Å². The van der Waals surface area contributed by atoms with Gasteiger partial charge >= 0.3 is 5.97 Å². The number of hydrogen-bond donors (Lipinski definition) is 2. The summed E-state index contributed by atoms with van der Waals surface area (Å²) in [4.78, 5) is 14.7. The van der Waals surface area contributed by atoms with E-state index < -0.39 is 0 Å². The van der Waals surface area contributed by atoms with E-state index in [4.69, 9.17) is 19.9 Å². The van der Waals surface area contributed by atoms with Crippen molar-refractivity contribution in [2.24, 2.45) is 5.73 Å². The van der Waals surface area contributed by atoms with Crippen LogP contribution in [0.1, 0.15) is 52.1 Å². The first kappa shape index (κ1) is 28.1. The Kier molecular flexibility index (Phi) is 15.3. The number of ether oxygens (including phenoxy) is 3. The zero-order valence-electron chi connectivity index (χ0n) is 19.0. The second-order valence-corrected chi connectivity index (χ2v) is 6.69. The summed E-state index contributed by atoms with van der Waals surface area (Å²) in [7, 11) is 3.10. The lowest BCUT2D eigenvalue weighted by Crippen LogP contribution is -2.16. The van der Waals surface area contributed by atoms with Crippen LogP contribution < -0.4 is 15.2 Å². The fraction of sp³-hybridized carbons (Fsp3) is 0.435. The topological polar surface area (TPSA) is 104 Å². The van der Waals surface area contributed by atoms with Crippen molar-refractivity contribution in [3.05, 3.63) is 48.3 Å². The predicted octanol–water partition coefficient (Wildman–Crippen LogP) is 4.64. The van der Waals surface area contributed by atoms with E-state index in [1.54, 1.807) is 7.11 Å². The number of aromatic hydroxyl groups is 1. The molecule has 1 heterocycles. The summed E-state index contributed by atoms with van der Waals surface area (Å²) in [6.07, 6.45) is 5.09. The third-order valence-corrected chi connectivity index (χ3v) is 4.17. The molecular weight excluding hydrogens is 416 g/mol. The minimum Gasteiger partial charge on any atom is -0.503 e. The van der Waals surface area contributed by atoms with Gasteiger partial charge in [-0.3, -0.25) is 4.79 Å². The number of rotatable bonds is 8. The summed E-state index contributed by atoms with van der Waals surface area (Å²) < 4.78 is 14.9. The molecule has 1 atom stereocenters. The molecule has 3 N–H and O–H groups in total. The fourth-order valence-corrected chi connectivity index (χ4v) is 2.42. The number of methoxy groups -OCH3 is 2. The molecule has 0 aliphatic carbocycles. The van der Waals surface area contributed by atoms with Crippen LogP contribution in [0.25, 0.3) is 0 Å². The van der Waals surface area contributed by atoms with E-state index in [1.165, 1.54) is 19.4 Å². The Morgan fingerprint density at radius 3 is 2.19 bits per heavy atom. The zero-order valence-corrected chi connectivity index (χ0v) is 19.8. The van der Waals surface area contributed by atoms with Crippen LogP contribution in [-0.4, -0.2) is 41.4 Å². The molecule has 7 nitrogen and oxygen atoms in total. The van der Waals surface area contributed by atoms with E-state index in [0.29, 0.717) is 12.2 Å². The zero-order chi connectivity index (χ0) is 23.6. The average molecular weight is 451 g/mol. The van der Waals surface area contributed by atoms with E-state index in [9.17, 15) is 9.90 Å². The number of carbonyl (C=O) groups is 1. The van der Waals surface area contributed by atoms with Crippen LogP contribution in [0.15, 0.2) is 42.6 Å². The van der Waals surface area contributed by atoms with Gasteiger partial charge in [0.2, 0.25) is 0 Å². The quantitative estimate of drug-likeness (QED) is 0.443. The number of aromatic nitrogens is 1. The van der Waals surface area contributed by atoms with Crippen LogP contribution in [0.5, 0.6) is 17.2 Å². The molecule has 0 saturated heterocycles. The van der Waals surface area contributed by atoms with Crippen LogP contribution in [0, 0.1) is 0 Å². The number of esters is 1. The van der Waals surface area contributed by atoms with Gasteiger partial charge in [-0.25, -0.2) is 4.98 Å². The minimum atomic E-state index is -0.118. The van der Waals surface area contributed by atoms with E-state index >= 15 is 0 Å². The summed E-state index contributed by atoms with van der Waals surface area (Å²) >= 11 is 4.66. The lowest BCUT2D eigenvalue weighted by atomic mass is 10.1. The van der Waals surface area contributed by atoms with Crippen molar-refractivity contribution < 1.29 is 24.1 Å². The summed E-state index contributed by atoms with van der Waals surface area (Å²) in [5.41, 5.74) is 5.48. The van der Waals surface area contributed by atoms with Gasteiger partial charge in [0.25, 0.3) is 0 Å². The third kappa shape index (κ3) is 11.8. The minimum absolute atomic E-state index is 0.0476. The summed E-state index contributed by atoms with van der Waals surface area (Å²) in [6, 6.07) is 11.2. The number of carbonyl (C=O) groups excluding carboxylic acids is 1. The first-order valence-electron chi connectivity index (χ1n) is 10.1. The predicted molar refractivity (Wildman–Crippen MR) is 127 cm³/mol. The van der Waals surface area contributed by atoms with Crippen LogP contribution in [0.4, 0.5) is 0 Å². The van der Waals surface area contributed by atoms with E-state index in [-0.39, 0.29) is 28.5 Å². The molecule has 31 heavy (non-hydrogen) atoms. The van der Waals surface area contributed by atoms with Crippen molar-refractivity contribution in [3.63, 3.8) is 0 Å². The van der Waals surface area contributed by atoms with E-state index in [1.807, 2.05) is 44.2 Å². The molecule has 0 aliphatic heterocycles. The van der Waals surface area contributed by atoms with Crippen molar-refractivity contribution in [2.45, 2.75) is 52.6 Å². The Morgan fingerprint density at radius 2 is 1.77 bits per heavy atom. The van der Waals surface area contributed by atoms with Gasteiger partial charge in [0.05, 0.1) is 14.2 Å². The molecule has 172 valence electrons. The Labute approximate surface area is 190 Å². The van der Waals surface area contributed by atoms with Gasteiger partial charge in [-0.2, -0.15) is 0 Å². The maximum absolute atomic E-state index is 10.8. The van der Waals surface area contributed by atoms with Crippen molar-refractivity contribution in [1.82, 2.24) is 4.98 Å². The van der Waals surface area contributed by atoms with Crippen LogP contribution >= 0.6 is 12.2 Å². The second-order valence-electron chi connectivity index (χ2n) is 6.25. The van der Waals surface area contributed by atoms with Crippen molar-refractivity contribution >= 4 is 23.2 Å². The summed E-state index contributed by atoms with van der Waals surface area (Å²) in [6.45, 7) is 5.96. The van der Waals surface area contributed by atoms with Crippen LogP contribution in [0.2, 0.25) is 0 Å². The molecule has 0 spiro atoms. The highest BCUT2D eigenvalue weighted by Gasteiger charge is 2.10. The Morgan fingerprint density at radius 1 is 1.13 bits per heavy atom. The first-order valence-corrected chi connectivity index (χ1v) is 10.5. The van der Waals surface area contributed by atoms with E-state index in [2.05, 4.69) is 24.1 Å². The van der Waals surface area contributed by atoms with Crippen LogP contribution in [0.3, 0.4) is 0 Å². The molecule has 2 rings (SSSR count). The number of para-hydroxylation sites is 1. The number of benzene rings is 1. The SMILES string of the molecule is CCCC(CC)OC(=O)CC.COc1ccccc1.COc1ccnc(C(N)=S)c1O. The molecule has 0 amide bonds. The highest BCUT2D eigenvalue weighted by atomic mass is 32.1. The molecule has 2 aromatic rings. The molecule has 8 heteroatoms. The lowest BCUT2D eigenvalue weighted by molar-refractivity contribution is -0.149. The molecule has 0 saturated carbocycles. The number of hydrogen-bond acceptors (Lipinski definition) is 7. The van der Waals surface area contributed by atoms with Crippen molar-refractivity contribution in [3.8, 4) is 17.2 Å². The molecule has 0 fully saturated rings. The number of nitrogens with two attached hydrogens (primary N) is 1. The van der Waals surface area contributed by atoms with Gasteiger partial charge in [-0.15, -0.1) is 0 Å². The smallest absolute Gasteiger partial charge is 0.305 e. The lowest BCUT2D eigenvalue weighted by Gasteiger charge is -2.14. The number of thiocarbonyl (C=S) groups is 1. The van der Waals surface area contributed by atoms with Crippen LogP contribution in [-0.2, 0) is 9.53 Å². The fourth-order valence-electron chi connectivity index (χ4n) is 2.28. The van der Waals surface area contributed by atoms with Gasteiger partial charge < -0.3 is 25.1 Å². The maximum atomic E-state index is 10.8. The summed E-state index contributed by atoms with van der Waals surface area (Å²) in [5, 5.41) is 9.40. The molecule has 1 aromatic carbocycles. The molecule has 1 unspecified atom stereocenters.